The predicted octanol–water partition coefficient (Wildman–Crippen LogP) is 2.29. The van der Waals surface area contributed by atoms with Crippen molar-refractivity contribution in [2.75, 3.05) is 13.6 Å². The molecule has 1 aromatic carbocycles. The van der Waals surface area contributed by atoms with Crippen LogP contribution in [-0.2, 0) is 12.8 Å². The van der Waals surface area contributed by atoms with Crippen LogP contribution < -0.4 is 0 Å². The number of phenols is 1. The van der Waals surface area contributed by atoms with Crippen LogP contribution in [0.2, 0.25) is 0 Å². The SMILES string of the molecule is CC1Cc2[nH]c3cc(O)ccc3c2CCN1C. The molecule has 1 atom stereocenters. The van der Waals surface area contributed by atoms with Crippen molar-refractivity contribution in [3.63, 3.8) is 0 Å². The normalized spacial score (nSPS) is 21.4. The van der Waals surface area contributed by atoms with E-state index in [4.69, 9.17) is 0 Å². The summed E-state index contributed by atoms with van der Waals surface area (Å²) in [5.74, 6) is 0.332. The molecule has 90 valence electrons. The lowest BCUT2D eigenvalue weighted by Crippen LogP contribution is -2.30. The zero-order valence-electron chi connectivity index (χ0n) is 10.3. The molecule has 1 unspecified atom stereocenters. The van der Waals surface area contributed by atoms with Crippen molar-refractivity contribution in [1.29, 1.82) is 0 Å². The number of hydrogen-bond donors (Lipinski definition) is 2. The smallest absolute Gasteiger partial charge is 0.117 e. The third kappa shape index (κ3) is 1.71. The molecule has 0 bridgehead atoms. The molecule has 1 aliphatic rings. The highest BCUT2D eigenvalue weighted by atomic mass is 16.3. The van der Waals surface area contributed by atoms with E-state index in [1.807, 2.05) is 12.1 Å². The van der Waals surface area contributed by atoms with Gasteiger partial charge in [-0.1, -0.05) is 0 Å². The van der Waals surface area contributed by atoms with Gasteiger partial charge in [-0.2, -0.15) is 0 Å². The van der Waals surface area contributed by atoms with Gasteiger partial charge in [0.25, 0.3) is 0 Å². The quantitative estimate of drug-likeness (QED) is 0.729. The monoisotopic (exact) mass is 230 g/mol. The second-order valence-electron chi connectivity index (χ2n) is 5.10. The number of nitrogens with zero attached hydrogens (tertiary/aromatic N) is 1. The molecule has 1 aromatic heterocycles. The maximum atomic E-state index is 9.51. The first kappa shape index (κ1) is 10.7. The number of aromatic amines is 1. The summed E-state index contributed by atoms with van der Waals surface area (Å²) < 4.78 is 0. The van der Waals surface area contributed by atoms with Gasteiger partial charge >= 0.3 is 0 Å². The first-order chi connectivity index (χ1) is 8.15. The van der Waals surface area contributed by atoms with Crippen LogP contribution >= 0.6 is 0 Å². The molecule has 0 radical (unpaired) electrons. The number of aromatic nitrogens is 1. The standard InChI is InChI=1S/C14H18N2O/c1-9-7-13-12(5-6-16(9)2)11-4-3-10(17)8-14(11)15-13/h3-4,8-9,15,17H,5-7H2,1-2H3. The number of phenolic OH excluding ortho intramolecular Hbond substituents is 1. The van der Waals surface area contributed by atoms with E-state index in [1.165, 1.54) is 16.6 Å². The van der Waals surface area contributed by atoms with Gasteiger partial charge in [0.1, 0.15) is 5.75 Å². The predicted molar refractivity (Wildman–Crippen MR) is 69.5 cm³/mol. The van der Waals surface area contributed by atoms with E-state index in [2.05, 4.69) is 23.9 Å². The van der Waals surface area contributed by atoms with Gasteiger partial charge in [0.15, 0.2) is 0 Å². The van der Waals surface area contributed by atoms with Crippen molar-refractivity contribution in [2.45, 2.75) is 25.8 Å². The van der Waals surface area contributed by atoms with Crippen LogP contribution in [-0.4, -0.2) is 34.6 Å². The van der Waals surface area contributed by atoms with E-state index in [0.29, 0.717) is 11.8 Å². The van der Waals surface area contributed by atoms with Gasteiger partial charge < -0.3 is 15.0 Å². The fourth-order valence-electron chi connectivity index (χ4n) is 2.72. The fourth-order valence-corrected chi connectivity index (χ4v) is 2.72. The molecule has 2 aromatic rings. The molecular formula is C14H18N2O. The second kappa shape index (κ2) is 3.77. The van der Waals surface area contributed by atoms with Crippen LogP contribution in [0.3, 0.4) is 0 Å². The Balaban J connectivity index is 2.14. The van der Waals surface area contributed by atoms with E-state index >= 15 is 0 Å². The summed E-state index contributed by atoms with van der Waals surface area (Å²) in [6, 6.07) is 6.18. The van der Waals surface area contributed by atoms with E-state index in [0.717, 1.165) is 24.9 Å². The topological polar surface area (TPSA) is 39.3 Å². The van der Waals surface area contributed by atoms with Gasteiger partial charge in [0.05, 0.1) is 0 Å². The fraction of sp³-hybridized carbons (Fsp3) is 0.429. The van der Waals surface area contributed by atoms with Gasteiger partial charge in [0, 0.05) is 41.7 Å². The van der Waals surface area contributed by atoms with Crippen molar-refractivity contribution in [3.8, 4) is 5.75 Å². The molecule has 0 amide bonds. The molecule has 17 heavy (non-hydrogen) atoms. The average Bonchev–Trinajstić information content (AvgIpc) is 2.55. The van der Waals surface area contributed by atoms with Gasteiger partial charge in [-0.3, -0.25) is 0 Å². The van der Waals surface area contributed by atoms with Gasteiger partial charge in [-0.15, -0.1) is 0 Å². The van der Waals surface area contributed by atoms with Crippen LogP contribution in [0.25, 0.3) is 10.9 Å². The van der Waals surface area contributed by atoms with Crippen molar-refractivity contribution in [1.82, 2.24) is 9.88 Å². The van der Waals surface area contributed by atoms with Crippen LogP contribution in [0, 0.1) is 0 Å². The molecule has 3 rings (SSSR count). The molecule has 0 saturated heterocycles. The van der Waals surface area contributed by atoms with Gasteiger partial charge in [-0.25, -0.2) is 0 Å². The van der Waals surface area contributed by atoms with Crippen LogP contribution in [0.15, 0.2) is 18.2 Å². The van der Waals surface area contributed by atoms with Gasteiger partial charge in [-0.05, 0) is 38.1 Å². The Morgan fingerprint density at radius 1 is 1.41 bits per heavy atom. The molecule has 0 saturated carbocycles. The lowest BCUT2D eigenvalue weighted by molar-refractivity contribution is 0.267. The Hall–Kier alpha value is -1.48. The summed E-state index contributed by atoms with van der Waals surface area (Å²) in [6.07, 6.45) is 2.14. The minimum absolute atomic E-state index is 0.332. The zero-order valence-corrected chi connectivity index (χ0v) is 10.3. The lowest BCUT2D eigenvalue weighted by Gasteiger charge is -2.21. The van der Waals surface area contributed by atoms with Crippen LogP contribution in [0.1, 0.15) is 18.2 Å². The molecule has 0 fully saturated rings. The molecule has 0 spiro atoms. The molecule has 0 aliphatic carbocycles. The maximum absolute atomic E-state index is 9.51. The second-order valence-corrected chi connectivity index (χ2v) is 5.10. The van der Waals surface area contributed by atoms with E-state index in [9.17, 15) is 5.11 Å². The largest absolute Gasteiger partial charge is 0.508 e. The summed E-state index contributed by atoms with van der Waals surface area (Å²) in [5, 5.41) is 10.8. The number of fused-ring (bicyclic) bond motifs is 3. The summed E-state index contributed by atoms with van der Waals surface area (Å²) in [5.41, 5.74) is 3.82. The third-order valence-electron chi connectivity index (χ3n) is 3.94. The Labute approximate surface area is 101 Å². The minimum atomic E-state index is 0.332. The van der Waals surface area contributed by atoms with Crippen molar-refractivity contribution in [3.05, 3.63) is 29.5 Å². The van der Waals surface area contributed by atoms with Crippen molar-refractivity contribution >= 4 is 10.9 Å². The molecule has 1 aliphatic heterocycles. The number of benzene rings is 1. The molecule has 3 nitrogen and oxygen atoms in total. The lowest BCUT2D eigenvalue weighted by atomic mass is 10.1. The number of likely N-dealkylation sites (N-methyl/N-ethyl adjacent to an activating group) is 1. The first-order valence-corrected chi connectivity index (χ1v) is 6.18. The molecule has 3 heteroatoms. The Morgan fingerprint density at radius 3 is 3.06 bits per heavy atom. The highest BCUT2D eigenvalue weighted by Crippen LogP contribution is 2.29. The van der Waals surface area contributed by atoms with E-state index in [-0.39, 0.29) is 0 Å². The molecule has 2 heterocycles. The summed E-state index contributed by atoms with van der Waals surface area (Å²) in [6.45, 7) is 3.36. The Morgan fingerprint density at radius 2 is 2.24 bits per heavy atom. The minimum Gasteiger partial charge on any atom is -0.508 e. The summed E-state index contributed by atoms with van der Waals surface area (Å²) in [7, 11) is 2.19. The Bertz CT molecular complexity index is 559. The third-order valence-corrected chi connectivity index (χ3v) is 3.94. The highest BCUT2D eigenvalue weighted by molar-refractivity contribution is 5.86. The first-order valence-electron chi connectivity index (χ1n) is 6.18. The van der Waals surface area contributed by atoms with E-state index in [1.54, 1.807) is 6.07 Å². The number of nitrogens with one attached hydrogen (secondary N) is 1. The number of hydrogen-bond acceptors (Lipinski definition) is 2. The van der Waals surface area contributed by atoms with Crippen molar-refractivity contribution < 1.29 is 5.11 Å². The maximum Gasteiger partial charge on any atom is 0.117 e. The molecule has 2 N–H and O–H groups in total. The average molecular weight is 230 g/mol. The Kier molecular flexibility index (Phi) is 2.37. The van der Waals surface area contributed by atoms with Crippen LogP contribution in [0.4, 0.5) is 0 Å². The van der Waals surface area contributed by atoms with Crippen LogP contribution in [0.5, 0.6) is 5.75 Å². The van der Waals surface area contributed by atoms with Gasteiger partial charge in [0.2, 0.25) is 0 Å². The molecular weight excluding hydrogens is 212 g/mol. The number of H-pyrrole nitrogens is 1. The summed E-state index contributed by atoms with van der Waals surface area (Å²) in [4.78, 5) is 5.86. The number of aromatic hydroxyl groups is 1. The summed E-state index contributed by atoms with van der Waals surface area (Å²) >= 11 is 0. The highest BCUT2D eigenvalue weighted by Gasteiger charge is 2.20. The van der Waals surface area contributed by atoms with E-state index < -0.39 is 0 Å². The zero-order chi connectivity index (χ0) is 12.0. The van der Waals surface area contributed by atoms with Crippen molar-refractivity contribution in [2.24, 2.45) is 0 Å². The number of rotatable bonds is 0.